The second-order valence-electron chi connectivity index (χ2n) is 7.36. The number of aromatic nitrogens is 1. The van der Waals surface area contributed by atoms with Crippen molar-refractivity contribution < 1.29 is 19.4 Å². The van der Waals surface area contributed by atoms with Crippen LogP contribution in [0.1, 0.15) is 29.6 Å². The van der Waals surface area contributed by atoms with Crippen LogP contribution in [0.5, 0.6) is 5.75 Å². The van der Waals surface area contributed by atoms with Crippen LogP contribution in [0.15, 0.2) is 48.8 Å². The number of amides is 2. The summed E-state index contributed by atoms with van der Waals surface area (Å²) in [6.07, 6.45) is 5.00. The third kappa shape index (κ3) is 3.71. The fourth-order valence-electron chi connectivity index (χ4n) is 3.96. The van der Waals surface area contributed by atoms with Gasteiger partial charge in [-0.15, -0.1) is 0 Å². The molecule has 0 aliphatic carbocycles. The van der Waals surface area contributed by atoms with Gasteiger partial charge in [-0.05, 0) is 37.5 Å². The lowest BCUT2D eigenvalue weighted by atomic mass is 9.92. The predicted octanol–water partition coefficient (Wildman–Crippen LogP) is 2.22. The number of pyridine rings is 1. The van der Waals surface area contributed by atoms with Crippen molar-refractivity contribution in [2.75, 3.05) is 31.1 Å². The second kappa shape index (κ2) is 7.59. The average molecular weight is 381 g/mol. The highest BCUT2D eigenvalue weighted by Crippen LogP contribution is 2.33. The van der Waals surface area contributed by atoms with Gasteiger partial charge >= 0.3 is 0 Å². The summed E-state index contributed by atoms with van der Waals surface area (Å²) >= 11 is 0. The van der Waals surface area contributed by atoms with Crippen LogP contribution in [0.2, 0.25) is 0 Å². The Hall–Kier alpha value is -2.93. The molecule has 1 atom stereocenters. The predicted molar refractivity (Wildman–Crippen MR) is 103 cm³/mol. The number of morpholine rings is 1. The molecule has 2 saturated heterocycles. The first kappa shape index (κ1) is 18.4. The molecule has 1 aromatic heterocycles. The fraction of sp³-hybridized carbons (Fsp3) is 0.381. The number of hydrogen-bond acceptors (Lipinski definition) is 5. The van der Waals surface area contributed by atoms with Crippen LogP contribution >= 0.6 is 0 Å². The number of likely N-dealkylation sites (tertiary alicyclic amines) is 1. The molecule has 1 aromatic carbocycles. The van der Waals surface area contributed by atoms with E-state index in [1.165, 1.54) is 18.5 Å². The summed E-state index contributed by atoms with van der Waals surface area (Å²) < 4.78 is 6.02. The van der Waals surface area contributed by atoms with Crippen molar-refractivity contribution in [1.29, 1.82) is 0 Å². The Morgan fingerprint density at radius 2 is 1.96 bits per heavy atom. The van der Waals surface area contributed by atoms with E-state index in [2.05, 4.69) is 4.98 Å². The van der Waals surface area contributed by atoms with E-state index in [-0.39, 0.29) is 24.2 Å². The van der Waals surface area contributed by atoms with Crippen LogP contribution in [-0.4, -0.2) is 58.6 Å². The van der Waals surface area contributed by atoms with Crippen molar-refractivity contribution in [3.05, 3.63) is 54.4 Å². The maximum absolute atomic E-state index is 12.8. The molecular formula is C21H23N3O4. The molecule has 2 aliphatic rings. The van der Waals surface area contributed by atoms with Gasteiger partial charge in [0.05, 0.1) is 23.9 Å². The molecule has 2 aliphatic heterocycles. The first-order valence-electron chi connectivity index (χ1n) is 9.49. The zero-order valence-corrected chi connectivity index (χ0v) is 15.6. The zero-order valence-electron chi connectivity index (χ0n) is 15.6. The lowest BCUT2D eigenvalue weighted by Crippen LogP contribution is -2.55. The van der Waals surface area contributed by atoms with Gasteiger partial charge in [-0.1, -0.05) is 18.2 Å². The van der Waals surface area contributed by atoms with E-state index in [1.807, 2.05) is 30.3 Å². The Kier molecular flexibility index (Phi) is 5.00. The monoisotopic (exact) mass is 381 g/mol. The van der Waals surface area contributed by atoms with Crippen LogP contribution < -0.4 is 4.90 Å². The van der Waals surface area contributed by atoms with Gasteiger partial charge in [0.15, 0.2) is 0 Å². The van der Waals surface area contributed by atoms with E-state index in [0.29, 0.717) is 31.6 Å². The molecule has 0 saturated carbocycles. The van der Waals surface area contributed by atoms with E-state index >= 15 is 0 Å². The van der Waals surface area contributed by atoms with Gasteiger partial charge in [0, 0.05) is 25.0 Å². The van der Waals surface area contributed by atoms with E-state index in [4.69, 9.17) is 4.74 Å². The molecular weight excluding hydrogens is 358 g/mol. The van der Waals surface area contributed by atoms with Gasteiger partial charge < -0.3 is 19.6 Å². The highest BCUT2D eigenvalue weighted by atomic mass is 16.5. The van der Waals surface area contributed by atoms with E-state index in [1.54, 1.807) is 9.80 Å². The maximum Gasteiger partial charge on any atom is 0.255 e. The average Bonchev–Trinajstić information content (AvgIpc) is 2.93. The molecule has 4 rings (SSSR count). The minimum absolute atomic E-state index is 0.0234. The molecule has 0 radical (unpaired) electrons. The largest absolute Gasteiger partial charge is 0.506 e. The number of hydrogen-bond donors (Lipinski definition) is 1. The molecule has 2 amide bonds. The Labute approximate surface area is 163 Å². The number of anilines is 1. The molecule has 28 heavy (non-hydrogen) atoms. The molecule has 3 heterocycles. The van der Waals surface area contributed by atoms with Crippen molar-refractivity contribution in [3.63, 3.8) is 0 Å². The van der Waals surface area contributed by atoms with Gasteiger partial charge in [0.25, 0.3) is 11.8 Å². The lowest BCUT2D eigenvalue weighted by molar-refractivity contribution is -0.140. The van der Waals surface area contributed by atoms with Gasteiger partial charge in [-0.25, -0.2) is 0 Å². The molecule has 1 unspecified atom stereocenters. The number of ether oxygens (including phenoxy) is 1. The Bertz CT molecular complexity index is 873. The molecule has 7 nitrogen and oxygen atoms in total. The Morgan fingerprint density at radius 1 is 1.14 bits per heavy atom. The van der Waals surface area contributed by atoms with Gasteiger partial charge in [-0.2, -0.15) is 0 Å². The maximum atomic E-state index is 12.8. The molecule has 2 fully saturated rings. The number of rotatable bonds is 2. The van der Waals surface area contributed by atoms with Crippen LogP contribution in [0.3, 0.4) is 0 Å². The molecule has 0 bridgehead atoms. The van der Waals surface area contributed by atoms with Crippen molar-refractivity contribution in [2.24, 2.45) is 0 Å². The summed E-state index contributed by atoms with van der Waals surface area (Å²) in [7, 11) is 0. The minimum Gasteiger partial charge on any atom is -0.506 e. The number of carbonyl (C=O) groups excluding carboxylic acids is 2. The highest BCUT2D eigenvalue weighted by molar-refractivity contribution is 5.95. The summed E-state index contributed by atoms with van der Waals surface area (Å²) in [5.41, 5.74) is 0.801. The summed E-state index contributed by atoms with van der Waals surface area (Å²) in [5.74, 6) is -0.211. The summed E-state index contributed by atoms with van der Waals surface area (Å²) in [5, 5.41) is 9.59. The van der Waals surface area contributed by atoms with Crippen molar-refractivity contribution in [2.45, 2.75) is 24.9 Å². The Morgan fingerprint density at radius 3 is 2.75 bits per heavy atom. The van der Waals surface area contributed by atoms with E-state index in [0.717, 1.165) is 18.5 Å². The molecule has 146 valence electrons. The molecule has 1 spiro atoms. The third-order valence-corrected chi connectivity index (χ3v) is 5.47. The summed E-state index contributed by atoms with van der Waals surface area (Å²) in [6, 6.07) is 11.1. The first-order chi connectivity index (χ1) is 13.6. The van der Waals surface area contributed by atoms with Crippen molar-refractivity contribution >= 4 is 17.5 Å². The minimum atomic E-state index is -0.449. The molecule has 7 heteroatoms. The third-order valence-electron chi connectivity index (χ3n) is 5.47. The first-order valence-corrected chi connectivity index (χ1v) is 9.49. The summed E-state index contributed by atoms with van der Waals surface area (Å²) in [4.78, 5) is 32.6. The SMILES string of the molecule is O=C(c1cncc(O)c1)N1CCCC2(CC1)CN(c1ccccc1)C(=O)CO2. The Balaban J connectivity index is 1.48. The van der Waals surface area contributed by atoms with Crippen LogP contribution in [0.25, 0.3) is 0 Å². The molecule has 1 N–H and O–H groups in total. The van der Waals surface area contributed by atoms with Gasteiger partial charge in [-0.3, -0.25) is 14.6 Å². The molecule has 2 aromatic rings. The van der Waals surface area contributed by atoms with Crippen LogP contribution in [-0.2, 0) is 9.53 Å². The van der Waals surface area contributed by atoms with Crippen LogP contribution in [0.4, 0.5) is 5.69 Å². The van der Waals surface area contributed by atoms with Gasteiger partial charge in [0.1, 0.15) is 12.4 Å². The normalized spacial score (nSPS) is 22.9. The number of carbonyl (C=O) groups is 2. The smallest absolute Gasteiger partial charge is 0.255 e. The fourth-order valence-corrected chi connectivity index (χ4v) is 3.96. The highest BCUT2D eigenvalue weighted by Gasteiger charge is 2.42. The number of nitrogens with zero attached hydrogens (tertiary/aromatic N) is 3. The summed E-state index contributed by atoms with van der Waals surface area (Å²) in [6.45, 7) is 1.69. The number of aromatic hydroxyl groups is 1. The van der Waals surface area contributed by atoms with E-state index < -0.39 is 5.60 Å². The number of benzene rings is 1. The topological polar surface area (TPSA) is 83.0 Å². The number of para-hydroxylation sites is 1. The standard InChI is InChI=1S/C21H23N3O4/c25-18-11-16(12-22-13-18)20(27)23-9-4-7-21(8-10-23)15-24(19(26)14-28-21)17-5-2-1-3-6-17/h1-3,5-6,11-13,25H,4,7-10,14-15H2. The quantitative estimate of drug-likeness (QED) is 0.862. The van der Waals surface area contributed by atoms with Gasteiger partial charge in [0.2, 0.25) is 0 Å². The van der Waals surface area contributed by atoms with Crippen molar-refractivity contribution in [3.8, 4) is 5.75 Å². The second-order valence-corrected chi connectivity index (χ2v) is 7.36. The van der Waals surface area contributed by atoms with Crippen LogP contribution in [0, 0.1) is 0 Å². The lowest BCUT2D eigenvalue weighted by Gasteiger charge is -2.42. The van der Waals surface area contributed by atoms with Crippen molar-refractivity contribution in [1.82, 2.24) is 9.88 Å². The zero-order chi connectivity index (χ0) is 19.6. The van der Waals surface area contributed by atoms with E-state index in [9.17, 15) is 14.7 Å².